The van der Waals surface area contributed by atoms with Gasteiger partial charge in [-0.05, 0) is 42.9 Å². The maximum atomic E-state index is 12.7. The van der Waals surface area contributed by atoms with Crippen LogP contribution in [0.1, 0.15) is 38.7 Å². The Morgan fingerprint density at radius 2 is 1.95 bits per heavy atom. The normalized spacial score (nSPS) is 26.6. The molecular formula is C16H25NO3S. The maximum Gasteiger partial charge on any atom is 0.244 e. The molecule has 0 unspecified atom stereocenters. The molecule has 2 rings (SSSR count). The van der Waals surface area contributed by atoms with Crippen molar-refractivity contribution >= 4 is 10.0 Å². The van der Waals surface area contributed by atoms with Crippen molar-refractivity contribution in [2.75, 3.05) is 7.11 Å². The van der Waals surface area contributed by atoms with E-state index in [9.17, 15) is 8.42 Å². The number of rotatable bonds is 4. The molecule has 3 atom stereocenters. The summed E-state index contributed by atoms with van der Waals surface area (Å²) in [6.07, 6.45) is 3.15. The molecule has 1 saturated carbocycles. The van der Waals surface area contributed by atoms with Crippen LogP contribution in [0.15, 0.2) is 23.1 Å². The molecule has 21 heavy (non-hydrogen) atoms. The Balaban J connectivity index is 2.28. The minimum atomic E-state index is -3.56. The lowest BCUT2D eigenvalue weighted by Gasteiger charge is -2.34. The molecule has 1 aromatic carbocycles. The minimum Gasteiger partial charge on any atom is -0.495 e. The molecule has 1 aliphatic rings. The molecule has 1 N–H and O–H groups in total. The Labute approximate surface area is 127 Å². The second-order valence-electron chi connectivity index (χ2n) is 6.15. The molecule has 0 bridgehead atoms. The number of hydrogen-bond donors (Lipinski definition) is 1. The van der Waals surface area contributed by atoms with E-state index in [2.05, 4.69) is 18.6 Å². The van der Waals surface area contributed by atoms with Gasteiger partial charge in [-0.1, -0.05) is 32.8 Å². The average Bonchev–Trinajstić information content (AvgIpc) is 2.44. The second-order valence-corrected chi connectivity index (χ2v) is 7.83. The van der Waals surface area contributed by atoms with Crippen LogP contribution in [-0.4, -0.2) is 21.6 Å². The third-order valence-electron chi connectivity index (χ3n) is 4.62. The lowest BCUT2D eigenvalue weighted by molar-refractivity contribution is 0.227. The van der Waals surface area contributed by atoms with E-state index in [1.54, 1.807) is 12.1 Å². The molecule has 5 heteroatoms. The van der Waals surface area contributed by atoms with Crippen LogP contribution in [0.4, 0.5) is 0 Å². The van der Waals surface area contributed by atoms with Gasteiger partial charge in [0.05, 0.1) is 7.11 Å². The zero-order valence-electron chi connectivity index (χ0n) is 13.2. The molecule has 0 spiro atoms. The zero-order chi connectivity index (χ0) is 15.6. The summed E-state index contributed by atoms with van der Waals surface area (Å²) in [7, 11) is -2.06. The highest BCUT2D eigenvalue weighted by Crippen LogP contribution is 2.32. The number of ether oxygens (including phenoxy) is 1. The van der Waals surface area contributed by atoms with Crippen molar-refractivity contribution in [1.82, 2.24) is 4.72 Å². The fourth-order valence-electron chi connectivity index (χ4n) is 3.01. The van der Waals surface area contributed by atoms with Crippen LogP contribution in [0.5, 0.6) is 5.75 Å². The summed E-state index contributed by atoms with van der Waals surface area (Å²) >= 11 is 0. The quantitative estimate of drug-likeness (QED) is 0.929. The molecule has 118 valence electrons. The topological polar surface area (TPSA) is 55.4 Å². The molecule has 0 aliphatic heterocycles. The summed E-state index contributed by atoms with van der Waals surface area (Å²) < 4.78 is 33.5. The molecule has 0 aromatic heterocycles. The van der Waals surface area contributed by atoms with E-state index in [1.165, 1.54) is 13.5 Å². The van der Waals surface area contributed by atoms with Gasteiger partial charge in [-0.15, -0.1) is 0 Å². The van der Waals surface area contributed by atoms with Gasteiger partial charge < -0.3 is 4.74 Å². The predicted molar refractivity (Wildman–Crippen MR) is 84.0 cm³/mol. The summed E-state index contributed by atoms with van der Waals surface area (Å²) in [6, 6.07) is 5.22. The van der Waals surface area contributed by atoms with Gasteiger partial charge in [0.1, 0.15) is 10.6 Å². The molecule has 1 aliphatic carbocycles. The number of sulfonamides is 1. The summed E-state index contributed by atoms with van der Waals surface area (Å²) in [4.78, 5) is 0.232. The summed E-state index contributed by atoms with van der Waals surface area (Å²) in [6.45, 7) is 6.20. The van der Waals surface area contributed by atoms with E-state index in [0.29, 0.717) is 17.6 Å². The fourth-order valence-corrected chi connectivity index (χ4v) is 4.62. The number of nitrogens with one attached hydrogen (secondary N) is 1. The Morgan fingerprint density at radius 3 is 2.62 bits per heavy atom. The first kappa shape index (κ1) is 16.3. The smallest absolute Gasteiger partial charge is 0.244 e. The zero-order valence-corrected chi connectivity index (χ0v) is 14.0. The van der Waals surface area contributed by atoms with E-state index >= 15 is 0 Å². The van der Waals surface area contributed by atoms with Crippen LogP contribution in [0.3, 0.4) is 0 Å². The number of aryl methyl sites for hydroxylation is 1. The van der Waals surface area contributed by atoms with Crippen LogP contribution < -0.4 is 9.46 Å². The third kappa shape index (κ3) is 3.58. The van der Waals surface area contributed by atoms with Crippen molar-refractivity contribution in [1.29, 1.82) is 0 Å². The lowest BCUT2D eigenvalue weighted by atomic mass is 9.78. The summed E-state index contributed by atoms with van der Waals surface area (Å²) in [5, 5.41) is 0. The van der Waals surface area contributed by atoms with Crippen LogP contribution in [-0.2, 0) is 10.0 Å². The molecular weight excluding hydrogens is 286 g/mol. The monoisotopic (exact) mass is 311 g/mol. The first-order chi connectivity index (χ1) is 9.85. The van der Waals surface area contributed by atoms with Gasteiger partial charge in [-0.2, -0.15) is 0 Å². The molecule has 0 radical (unpaired) electrons. The Morgan fingerprint density at radius 1 is 1.24 bits per heavy atom. The molecule has 4 nitrogen and oxygen atoms in total. The van der Waals surface area contributed by atoms with Crippen LogP contribution in [0, 0.1) is 18.8 Å². The molecule has 1 aromatic rings. The number of methoxy groups -OCH3 is 1. The van der Waals surface area contributed by atoms with E-state index in [1.807, 2.05) is 13.0 Å². The molecule has 0 amide bonds. The van der Waals surface area contributed by atoms with Crippen molar-refractivity contribution in [3.05, 3.63) is 23.8 Å². The molecule has 0 heterocycles. The second kappa shape index (κ2) is 6.36. The average molecular weight is 311 g/mol. The molecule has 1 fully saturated rings. The van der Waals surface area contributed by atoms with E-state index in [0.717, 1.165) is 18.4 Å². The predicted octanol–water partition coefficient (Wildman–Crippen LogP) is 3.11. The summed E-state index contributed by atoms with van der Waals surface area (Å²) in [5.41, 5.74) is 0.904. The van der Waals surface area contributed by atoms with Gasteiger partial charge in [-0.3, -0.25) is 0 Å². The first-order valence-electron chi connectivity index (χ1n) is 7.52. The van der Waals surface area contributed by atoms with Crippen molar-refractivity contribution in [3.8, 4) is 5.75 Å². The fraction of sp³-hybridized carbons (Fsp3) is 0.625. The van der Waals surface area contributed by atoms with Crippen LogP contribution in [0.25, 0.3) is 0 Å². The third-order valence-corrected chi connectivity index (χ3v) is 6.13. The van der Waals surface area contributed by atoms with Gasteiger partial charge in [0.2, 0.25) is 10.0 Å². The van der Waals surface area contributed by atoms with Gasteiger partial charge in [0.25, 0.3) is 0 Å². The molecule has 0 saturated heterocycles. The Kier molecular flexibility index (Phi) is 4.94. The Hall–Kier alpha value is -1.07. The lowest BCUT2D eigenvalue weighted by Crippen LogP contribution is -2.43. The minimum absolute atomic E-state index is 0.00367. The Bertz CT molecular complexity index is 598. The summed E-state index contributed by atoms with van der Waals surface area (Å²) in [5.74, 6) is 1.29. The van der Waals surface area contributed by atoms with Crippen molar-refractivity contribution in [2.45, 2.75) is 51.0 Å². The number of hydrogen-bond acceptors (Lipinski definition) is 3. The maximum absolute atomic E-state index is 12.7. The number of benzene rings is 1. The van der Waals surface area contributed by atoms with Crippen LogP contribution >= 0.6 is 0 Å². The van der Waals surface area contributed by atoms with Gasteiger partial charge >= 0.3 is 0 Å². The highest BCUT2D eigenvalue weighted by Gasteiger charge is 2.31. The highest BCUT2D eigenvalue weighted by molar-refractivity contribution is 7.89. The van der Waals surface area contributed by atoms with Crippen molar-refractivity contribution in [2.24, 2.45) is 11.8 Å². The van der Waals surface area contributed by atoms with Crippen LogP contribution in [0.2, 0.25) is 0 Å². The van der Waals surface area contributed by atoms with Crippen molar-refractivity contribution < 1.29 is 13.2 Å². The van der Waals surface area contributed by atoms with E-state index in [-0.39, 0.29) is 10.9 Å². The van der Waals surface area contributed by atoms with Gasteiger partial charge in [-0.25, -0.2) is 13.1 Å². The van der Waals surface area contributed by atoms with Crippen molar-refractivity contribution in [3.63, 3.8) is 0 Å². The van der Waals surface area contributed by atoms with Gasteiger partial charge in [0.15, 0.2) is 0 Å². The van der Waals surface area contributed by atoms with E-state index < -0.39 is 10.0 Å². The SMILES string of the molecule is COc1ccc(C)cc1S(=O)(=O)N[C@@H]1CCC[C@@H](C)[C@@H]1C. The standard InChI is InChI=1S/C16H25NO3S/c1-11-8-9-15(20-4)16(10-11)21(18,19)17-14-7-5-6-12(2)13(14)3/h8-10,12-14,17H,5-7H2,1-4H3/t12-,13+,14-/m1/s1. The largest absolute Gasteiger partial charge is 0.495 e. The highest BCUT2D eigenvalue weighted by atomic mass is 32.2. The van der Waals surface area contributed by atoms with E-state index in [4.69, 9.17) is 4.74 Å². The van der Waals surface area contributed by atoms with Gasteiger partial charge in [0, 0.05) is 6.04 Å². The first-order valence-corrected chi connectivity index (χ1v) is 9.00.